The fourth-order valence-electron chi connectivity index (χ4n) is 1.26. The van der Waals surface area contributed by atoms with E-state index in [4.69, 9.17) is 5.11 Å². The molecule has 0 aliphatic rings. The summed E-state index contributed by atoms with van der Waals surface area (Å²) in [5.74, 6) is 0. The second-order valence-electron chi connectivity index (χ2n) is 3.56. The van der Waals surface area contributed by atoms with Crippen molar-refractivity contribution in [1.29, 1.82) is 0 Å². The molecule has 0 aliphatic heterocycles. The van der Waals surface area contributed by atoms with Crippen molar-refractivity contribution in [2.75, 3.05) is 11.9 Å². The van der Waals surface area contributed by atoms with E-state index in [-0.39, 0.29) is 17.9 Å². The maximum atomic E-state index is 12.7. The lowest BCUT2D eigenvalue weighted by Gasteiger charge is -2.12. The number of nitro benzene ring substituents is 1. The molecule has 0 fully saturated rings. The lowest BCUT2D eigenvalue weighted by Crippen LogP contribution is -2.16. The normalized spacial score (nSPS) is 12.5. The molecule has 0 aliphatic carbocycles. The molecule has 0 saturated carbocycles. The summed E-state index contributed by atoms with van der Waals surface area (Å²) < 4.78 is 25.3. The largest absolute Gasteiger partial charge is 0.392 e. The molecule has 17 heavy (non-hydrogen) atoms. The summed E-state index contributed by atoms with van der Waals surface area (Å²) in [6.07, 6.45) is -3.51. The van der Waals surface area contributed by atoms with Gasteiger partial charge in [-0.15, -0.1) is 0 Å². The number of hydrogen-bond acceptors (Lipinski definition) is 4. The van der Waals surface area contributed by atoms with Crippen molar-refractivity contribution in [3.63, 3.8) is 0 Å². The van der Waals surface area contributed by atoms with Crippen LogP contribution < -0.4 is 5.32 Å². The molecule has 0 amide bonds. The first kappa shape index (κ1) is 13.3. The van der Waals surface area contributed by atoms with Gasteiger partial charge >= 0.3 is 0 Å². The van der Waals surface area contributed by atoms with E-state index >= 15 is 0 Å². The minimum Gasteiger partial charge on any atom is -0.392 e. The number of aliphatic hydroxyl groups is 1. The Labute approximate surface area is 96.2 Å². The van der Waals surface area contributed by atoms with Gasteiger partial charge in [0.05, 0.1) is 11.0 Å². The third kappa shape index (κ3) is 3.63. The van der Waals surface area contributed by atoms with Crippen LogP contribution in [0.3, 0.4) is 0 Å². The summed E-state index contributed by atoms with van der Waals surface area (Å²) in [7, 11) is 0. The number of alkyl halides is 2. The number of hydrogen-bond donors (Lipinski definition) is 2. The van der Waals surface area contributed by atoms with E-state index in [1.54, 1.807) is 0 Å². The van der Waals surface area contributed by atoms with Gasteiger partial charge in [-0.25, -0.2) is 8.78 Å². The van der Waals surface area contributed by atoms with Gasteiger partial charge in [0, 0.05) is 29.9 Å². The van der Waals surface area contributed by atoms with Crippen LogP contribution in [0.4, 0.5) is 20.2 Å². The first-order chi connectivity index (χ1) is 7.91. The van der Waals surface area contributed by atoms with E-state index in [9.17, 15) is 18.9 Å². The number of nitro groups is 1. The third-order valence-electron chi connectivity index (χ3n) is 2.07. The van der Waals surface area contributed by atoms with Crippen LogP contribution in [0.2, 0.25) is 0 Å². The van der Waals surface area contributed by atoms with Gasteiger partial charge in [0.25, 0.3) is 12.1 Å². The highest BCUT2D eigenvalue weighted by Crippen LogP contribution is 2.30. The number of benzene rings is 1. The highest BCUT2D eigenvalue weighted by atomic mass is 19.3. The predicted octanol–water partition coefficient (Wildman–Crippen LogP) is 2.33. The van der Waals surface area contributed by atoms with Gasteiger partial charge in [0.15, 0.2) is 0 Å². The topological polar surface area (TPSA) is 75.4 Å². The monoisotopic (exact) mass is 246 g/mol. The Morgan fingerprint density at radius 3 is 2.65 bits per heavy atom. The average molecular weight is 246 g/mol. The zero-order chi connectivity index (χ0) is 13.0. The highest BCUT2D eigenvalue weighted by Gasteiger charge is 2.17. The van der Waals surface area contributed by atoms with Crippen LogP contribution >= 0.6 is 0 Å². The maximum absolute atomic E-state index is 12.7. The molecule has 7 heteroatoms. The Kier molecular flexibility index (Phi) is 4.33. The van der Waals surface area contributed by atoms with Crippen LogP contribution in [0.15, 0.2) is 18.2 Å². The predicted molar refractivity (Wildman–Crippen MR) is 58.2 cm³/mol. The van der Waals surface area contributed by atoms with Crippen molar-refractivity contribution >= 4 is 11.4 Å². The molecular formula is C10H12F2N2O3. The fraction of sp³-hybridized carbons (Fsp3) is 0.400. The van der Waals surface area contributed by atoms with E-state index in [0.717, 1.165) is 12.1 Å². The minimum absolute atomic E-state index is 0.0894. The average Bonchev–Trinajstić information content (AvgIpc) is 2.25. The molecule has 1 unspecified atom stereocenters. The van der Waals surface area contributed by atoms with Crippen molar-refractivity contribution in [2.45, 2.75) is 19.5 Å². The Bertz CT molecular complexity index is 411. The van der Waals surface area contributed by atoms with E-state index in [2.05, 4.69) is 5.32 Å². The van der Waals surface area contributed by atoms with Crippen LogP contribution in [0, 0.1) is 10.1 Å². The first-order valence-electron chi connectivity index (χ1n) is 4.90. The molecule has 0 bridgehead atoms. The Hall–Kier alpha value is -1.76. The van der Waals surface area contributed by atoms with Crippen LogP contribution in [0.5, 0.6) is 0 Å². The maximum Gasteiger partial charge on any atom is 0.270 e. The molecule has 1 rings (SSSR count). The molecule has 0 saturated heterocycles. The summed E-state index contributed by atoms with van der Waals surface area (Å²) in [4.78, 5) is 9.72. The molecule has 0 heterocycles. The van der Waals surface area contributed by atoms with E-state index in [1.807, 2.05) is 0 Å². The van der Waals surface area contributed by atoms with Gasteiger partial charge in [-0.1, -0.05) is 0 Å². The van der Waals surface area contributed by atoms with Crippen LogP contribution in [0.1, 0.15) is 18.9 Å². The summed E-state index contributed by atoms with van der Waals surface area (Å²) >= 11 is 0. The van der Waals surface area contributed by atoms with E-state index < -0.39 is 23.0 Å². The summed E-state index contributed by atoms with van der Waals surface area (Å²) in [6, 6.07) is 3.17. The quantitative estimate of drug-likeness (QED) is 0.617. The number of aliphatic hydroxyl groups excluding tert-OH is 1. The zero-order valence-corrected chi connectivity index (χ0v) is 9.06. The van der Waals surface area contributed by atoms with Crippen molar-refractivity contribution < 1.29 is 18.8 Å². The Morgan fingerprint density at radius 1 is 1.53 bits per heavy atom. The summed E-state index contributed by atoms with van der Waals surface area (Å²) in [6.45, 7) is 1.60. The van der Waals surface area contributed by atoms with Crippen LogP contribution in [-0.2, 0) is 0 Å². The Morgan fingerprint density at radius 2 is 2.18 bits per heavy atom. The van der Waals surface area contributed by atoms with Crippen molar-refractivity contribution in [2.24, 2.45) is 0 Å². The molecule has 0 radical (unpaired) electrons. The fourth-order valence-corrected chi connectivity index (χ4v) is 1.26. The minimum atomic E-state index is -2.81. The third-order valence-corrected chi connectivity index (χ3v) is 2.07. The van der Waals surface area contributed by atoms with Gasteiger partial charge in [0.2, 0.25) is 0 Å². The molecule has 1 aromatic rings. The molecule has 5 nitrogen and oxygen atoms in total. The number of rotatable bonds is 5. The van der Waals surface area contributed by atoms with Crippen molar-refractivity contribution in [3.8, 4) is 0 Å². The number of nitrogens with one attached hydrogen (secondary N) is 1. The zero-order valence-electron chi connectivity index (χ0n) is 9.06. The van der Waals surface area contributed by atoms with E-state index in [1.165, 1.54) is 13.0 Å². The molecule has 2 N–H and O–H groups in total. The standard InChI is InChI=1S/C10H12F2N2O3/c1-6(15)5-13-9-3-2-7(14(16)17)4-8(9)10(11)12/h2-4,6,10,13,15H,5H2,1H3. The van der Waals surface area contributed by atoms with Gasteiger partial charge in [-0.2, -0.15) is 0 Å². The van der Waals surface area contributed by atoms with Gasteiger partial charge in [-0.3, -0.25) is 10.1 Å². The number of non-ortho nitro benzene ring substituents is 1. The van der Waals surface area contributed by atoms with E-state index in [0.29, 0.717) is 0 Å². The second kappa shape index (κ2) is 5.53. The molecule has 0 aromatic heterocycles. The number of halogens is 2. The molecule has 1 atom stereocenters. The van der Waals surface area contributed by atoms with Crippen molar-refractivity contribution in [3.05, 3.63) is 33.9 Å². The molecule has 94 valence electrons. The Balaban J connectivity index is 3.00. The molecular weight excluding hydrogens is 234 g/mol. The van der Waals surface area contributed by atoms with Gasteiger partial charge in [-0.05, 0) is 13.0 Å². The van der Waals surface area contributed by atoms with Gasteiger partial charge < -0.3 is 10.4 Å². The summed E-state index contributed by atoms with van der Waals surface area (Å²) in [5, 5.41) is 22.1. The lowest BCUT2D eigenvalue weighted by molar-refractivity contribution is -0.385. The summed E-state index contributed by atoms with van der Waals surface area (Å²) in [5.41, 5.74) is -0.741. The highest BCUT2D eigenvalue weighted by molar-refractivity contribution is 5.56. The first-order valence-corrected chi connectivity index (χ1v) is 4.90. The molecule has 0 spiro atoms. The smallest absolute Gasteiger partial charge is 0.270 e. The molecule has 1 aromatic carbocycles. The number of nitrogens with zero attached hydrogens (tertiary/aromatic N) is 1. The van der Waals surface area contributed by atoms with Crippen LogP contribution in [-0.4, -0.2) is 22.7 Å². The SMILES string of the molecule is CC(O)CNc1ccc([N+](=O)[O-])cc1C(F)F. The number of anilines is 1. The van der Waals surface area contributed by atoms with Gasteiger partial charge in [0.1, 0.15) is 0 Å². The van der Waals surface area contributed by atoms with Crippen LogP contribution in [0.25, 0.3) is 0 Å². The second-order valence-corrected chi connectivity index (χ2v) is 3.56. The van der Waals surface area contributed by atoms with Crippen molar-refractivity contribution in [1.82, 2.24) is 0 Å². The lowest BCUT2D eigenvalue weighted by atomic mass is 10.1.